The second-order valence-electron chi connectivity index (χ2n) is 7.75. The van der Waals surface area contributed by atoms with Gasteiger partial charge in [0.05, 0.1) is 25.9 Å². The van der Waals surface area contributed by atoms with Gasteiger partial charge >= 0.3 is 6.03 Å². The summed E-state index contributed by atoms with van der Waals surface area (Å²) in [7, 11) is 3.18. The largest absolute Gasteiger partial charge is 0.493 e. The van der Waals surface area contributed by atoms with Crippen LogP contribution in [0.15, 0.2) is 36.4 Å². The lowest BCUT2D eigenvalue weighted by molar-refractivity contribution is -0.134. The average Bonchev–Trinajstić information content (AvgIpc) is 2.79. The van der Waals surface area contributed by atoms with Crippen LogP contribution >= 0.6 is 0 Å². The van der Waals surface area contributed by atoms with Crippen LogP contribution in [0, 0.1) is 5.82 Å². The molecule has 0 spiro atoms. The number of anilines is 1. The van der Waals surface area contributed by atoms with Gasteiger partial charge in [-0.25, -0.2) is 9.18 Å². The Hall–Kier alpha value is -3.29. The van der Waals surface area contributed by atoms with E-state index in [0.717, 1.165) is 11.1 Å². The van der Waals surface area contributed by atoms with E-state index in [1.54, 1.807) is 31.3 Å². The molecule has 0 aliphatic carbocycles. The number of hydrogen-bond acceptors (Lipinski definition) is 4. The lowest BCUT2D eigenvalue weighted by atomic mass is 9.92. The van der Waals surface area contributed by atoms with E-state index in [-0.39, 0.29) is 24.2 Å². The van der Waals surface area contributed by atoms with Gasteiger partial charge in [0.15, 0.2) is 11.5 Å². The molecule has 1 atom stereocenters. The molecular weight excluding hydrogens is 413 g/mol. The molecule has 0 bridgehead atoms. The van der Waals surface area contributed by atoms with Crippen molar-refractivity contribution in [3.8, 4) is 11.5 Å². The summed E-state index contributed by atoms with van der Waals surface area (Å²) in [6, 6.07) is 9.16. The van der Waals surface area contributed by atoms with Gasteiger partial charge in [0, 0.05) is 13.1 Å². The highest BCUT2D eigenvalue weighted by atomic mass is 19.1. The van der Waals surface area contributed by atoms with Crippen LogP contribution in [-0.2, 0) is 11.2 Å². The average molecular weight is 444 g/mol. The zero-order chi connectivity index (χ0) is 23.3. The number of ether oxygens (including phenoxy) is 2. The van der Waals surface area contributed by atoms with Crippen LogP contribution in [-0.4, -0.2) is 55.6 Å². The predicted octanol–water partition coefficient (Wildman–Crippen LogP) is 4.23. The van der Waals surface area contributed by atoms with Crippen LogP contribution in [0.3, 0.4) is 0 Å². The van der Waals surface area contributed by atoms with Gasteiger partial charge in [0.1, 0.15) is 12.4 Å². The highest BCUT2D eigenvalue weighted by Gasteiger charge is 2.30. The summed E-state index contributed by atoms with van der Waals surface area (Å²) in [5, 5.41) is 2.57. The summed E-state index contributed by atoms with van der Waals surface area (Å²) >= 11 is 0. The van der Waals surface area contributed by atoms with Gasteiger partial charge in [-0.2, -0.15) is 0 Å². The van der Waals surface area contributed by atoms with E-state index in [9.17, 15) is 14.0 Å². The Kier molecular flexibility index (Phi) is 7.56. The van der Waals surface area contributed by atoms with E-state index >= 15 is 0 Å². The number of urea groups is 1. The summed E-state index contributed by atoms with van der Waals surface area (Å²) in [6.45, 7) is 4.73. The number of halogens is 1. The van der Waals surface area contributed by atoms with Crippen molar-refractivity contribution in [3.05, 3.63) is 53.3 Å². The molecule has 0 radical (unpaired) electrons. The molecule has 2 aromatic rings. The topological polar surface area (TPSA) is 71.1 Å². The number of fused-ring (bicyclic) bond motifs is 1. The van der Waals surface area contributed by atoms with Crippen LogP contribution < -0.4 is 14.8 Å². The van der Waals surface area contributed by atoms with Gasteiger partial charge in [0.2, 0.25) is 5.91 Å². The molecule has 0 aromatic heterocycles. The molecular formula is C24H30FN3O4. The minimum atomic E-state index is -0.519. The molecule has 0 saturated carbocycles. The fraction of sp³-hybridized carbons (Fsp3) is 0.417. The Labute approximate surface area is 188 Å². The summed E-state index contributed by atoms with van der Waals surface area (Å²) in [4.78, 5) is 29.1. The first-order valence-electron chi connectivity index (χ1n) is 10.7. The Morgan fingerprint density at radius 3 is 2.53 bits per heavy atom. The number of carbonyl (C=O) groups is 2. The molecule has 1 aliphatic rings. The zero-order valence-corrected chi connectivity index (χ0v) is 19.0. The van der Waals surface area contributed by atoms with Gasteiger partial charge in [-0.1, -0.05) is 19.1 Å². The molecule has 172 valence electrons. The van der Waals surface area contributed by atoms with Crippen molar-refractivity contribution < 1.29 is 23.5 Å². The smallest absolute Gasteiger partial charge is 0.322 e. The lowest BCUT2D eigenvalue weighted by Crippen LogP contribution is -2.47. The molecule has 0 fully saturated rings. The lowest BCUT2D eigenvalue weighted by Gasteiger charge is -2.37. The van der Waals surface area contributed by atoms with Crippen LogP contribution in [0.25, 0.3) is 0 Å². The third-order valence-electron chi connectivity index (χ3n) is 5.73. The maximum atomic E-state index is 13.9. The van der Waals surface area contributed by atoms with E-state index in [2.05, 4.69) is 5.32 Å². The summed E-state index contributed by atoms with van der Waals surface area (Å²) in [5.41, 5.74) is 2.20. The number of nitrogens with zero attached hydrogens (tertiary/aromatic N) is 2. The van der Waals surface area contributed by atoms with Crippen molar-refractivity contribution in [2.24, 2.45) is 0 Å². The van der Waals surface area contributed by atoms with Crippen LogP contribution in [0.2, 0.25) is 0 Å². The highest BCUT2D eigenvalue weighted by Crippen LogP contribution is 2.37. The van der Waals surface area contributed by atoms with Gasteiger partial charge in [-0.05, 0) is 55.2 Å². The quantitative estimate of drug-likeness (QED) is 0.695. The Bertz CT molecular complexity index is 982. The molecule has 7 nitrogen and oxygen atoms in total. The second kappa shape index (κ2) is 10.3. The van der Waals surface area contributed by atoms with Crippen molar-refractivity contribution in [2.75, 3.05) is 39.2 Å². The Morgan fingerprint density at radius 2 is 1.88 bits per heavy atom. The molecule has 0 saturated heterocycles. The summed E-state index contributed by atoms with van der Waals surface area (Å²) in [5.74, 6) is 0.603. The number of hydrogen-bond donors (Lipinski definition) is 1. The summed E-state index contributed by atoms with van der Waals surface area (Å²) < 4.78 is 24.7. The predicted molar refractivity (Wildman–Crippen MR) is 121 cm³/mol. The Balaban J connectivity index is 1.74. The maximum Gasteiger partial charge on any atom is 0.322 e. The molecule has 3 amide bonds. The number of rotatable bonds is 7. The van der Waals surface area contributed by atoms with Crippen LogP contribution in [0.1, 0.15) is 37.4 Å². The van der Waals surface area contributed by atoms with Crippen LogP contribution in [0.5, 0.6) is 11.5 Å². The maximum absolute atomic E-state index is 13.9. The number of amides is 3. The number of nitrogens with one attached hydrogen (secondary N) is 1. The van der Waals surface area contributed by atoms with E-state index in [4.69, 9.17) is 9.47 Å². The minimum Gasteiger partial charge on any atom is -0.493 e. The molecule has 2 aromatic carbocycles. The Morgan fingerprint density at radius 1 is 1.19 bits per heavy atom. The SMILES string of the molecule is CCCN(CC(=O)N1CCc2cc(OC)c(OC)cc2C1C)C(=O)Nc1ccccc1F. The molecule has 1 N–H and O–H groups in total. The third kappa shape index (κ3) is 4.95. The number of carbonyl (C=O) groups excluding carboxylic acids is 2. The van der Waals surface area contributed by atoms with E-state index in [0.29, 0.717) is 37.4 Å². The van der Waals surface area contributed by atoms with Crippen molar-refractivity contribution in [2.45, 2.75) is 32.7 Å². The van der Waals surface area contributed by atoms with E-state index in [1.165, 1.54) is 17.0 Å². The molecule has 32 heavy (non-hydrogen) atoms. The molecule has 8 heteroatoms. The van der Waals surface area contributed by atoms with Crippen molar-refractivity contribution in [1.29, 1.82) is 0 Å². The van der Waals surface area contributed by atoms with Gasteiger partial charge in [-0.3, -0.25) is 4.79 Å². The molecule has 1 aliphatic heterocycles. The van der Waals surface area contributed by atoms with Crippen molar-refractivity contribution >= 4 is 17.6 Å². The van der Waals surface area contributed by atoms with Gasteiger partial charge in [-0.15, -0.1) is 0 Å². The molecule has 1 unspecified atom stereocenters. The van der Waals surface area contributed by atoms with Crippen molar-refractivity contribution in [1.82, 2.24) is 9.80 Å². The first kappa shape index (κ1) is 23.4. The van der Waals surface area contributed by atoms with Crippen LogP contribution in [0.4, 0.5) is 14.9 Å². The summed E-state index contributed by atoms with van der Waals surface area (Å²) in [6.07, 6.45) is 1.36. The van der Waals surface area contributed by atoms with Crippen molar-refractivity contribution in [3.63, 3.8) is 0 Å². The third-order valence-corrected chi connectivity index (χ3v) is 5.73. The minimum absolute atomic E-state index is 0.0823. The number of benzene rings is 2. The highest BCUT2D eigenvalue weighted by molar-refractivity contribution is 5.92. The second-order valence-corrected chi connectivity index (χ2v) is 7.75. The monoisotopic (exact) mass is 443 g/mol. The molecule has 1 heterocycles. The zero-order valence-electron chi connectivity index (χ0n) is 19.0. The van der Waals surface area contributed by atoms with E-state index in [1.807, 2.05) is 26.0 Å². The van der Waals surface area contributed by atoms with E-state index < -0.39 is 11.8 Å². The molecule has 3 rings (SSSR count). The fourth-order valence-corrected chi connectivity index (χ4v) is 4.02. The number of methoxy groups -OCH3 is 2. The number of para-hydroxylation sites is 1. The fourth-order valence-electron chi connectivity index (χ4n) is 4.02. The normalized spacial score (nSPS) is 15.0. The first-order valence-corrected chi connectivity index (χ1v) is 10.7. The van der Waals surface area contributed by atoms with Gasteiger partial charge in [0.25, 0.3) is 0 Å². The standard InChI is InChI=1S/C24H30FN3O4/c1-5-11-27(24(30)26-20-9-7-6-8-19(20)25)15-23(29)28-12-10-17-13-21(31-3)22(32-4)14-18(17)16(28)2/h6-9,13-14,16H,5,10-12,15H2,1-4H3,(H,26,30). The van der Waals surface area contributed by atoms with Gasteiger partial charge < -0.3 is 24.6 Å². The first-order chi connectivity index (χ1) is 15.4.